The number of para-hydroxylation sites is 1. The summed E-state index contributed by atoms with van der Waals surface area (Å²) in [7, 11) is 0. The molecule has 1 aliphatic carbocycles. The van der Waals surface area contributed by atoms with Crippen LogP contribution in [0.2, 0.25) is 0 Å². The molecule has 1 aromatic rings. The molecule has 5 heteroatoms. The summed E-state index contributed by atoms with van der Waals surface area (Å²) in [6.07, 6.45) is 3.77. The molecular weight excluding hydrogens is 310 g/mol. The molecule has 0 bridgehead atoms. The molecule has 0 heterocycles. The molecular formula is C14H18BrNO3. The molecule has 0 radical (unpaired) electrons. The molecule has 104 valence electrons. The highest BCUT2D eigenvalue weighted by atomic mass is 79.9. The van der Waals surface area contributed by atoms with Crippen molar-refractivity contribution >= 4 is 21.8 Å². The number of carbonyl (C=O) groups is 1. The maximum absolute atomic E-state index is 11.9. The minimum atomic E-state index is -0.436. The molecule has 2 N–H and O–H groups in total. The first-order valence-corrected chi connectivity index (χ1v) is 7.24. The Labute approximate surface area is 121 Å². The zero-order chi connectivity index (χ0) is 13.7. The van der Waals surface area contributed by atoms with Gasteiger partial charge >= 0.3 is 0 Å². The van der Waals surface area contributed by atoms with E-state index in [0.717, 1.165) is 30.2 Å². The number of halogens is 1. The number of benzene rings is 1. The SMILES string of the molecule is O=C(COc1ccccc1Br)NC1(CO)CCCC1. The third kappa shape index (κ3) is 3.70. The van der Waals surface area contributed by atoms with E-state index in [4.69, 9.17) is 4.74 Å². The lowest BCUT2D eigenvalue weighted by molar-refractivity contribution is -0.125. The van der Waals surface area contributed by atoms with E-state index in [1.165, 1.54) is 0 Å². The van der Waals surface area contributed by atoms with Crippen LogP contribution in [0.1, 0.15) is 25.7 Å². The molecule has 1 aromatic carbocycles. The van der Waals surface area contributed by atoms with Gasteiger partial charge in [-0.05, 0) is 40.9 Å². The first-order valence-electron chi connectivity index (χ1n) is 6.44. The number of aliphatic hydroxyl groups is 1. The molecule has 1 amide bonds. The second-order valence-corrected chi connectivity index (χ2v) is 5.77. The van der Waals surface area contributed by atoms with E-state index in [-0.39, 0.29) is 19.1 Å². The van der Waals surface area contributed by atoms with Crippen LogP contribution in [0.4, 0.5) is 0 Å². The van der Waals surface area contributed by atoms with E-state index in [9.17, 15) is 9.90 Å². The van der Waals surface area contributed by atoms with Crippen molar-refractivity contribution in [3.05, 3.63) is 28.7 Å². The van der Waals surface area contributed by atoms with Crippen LogP contribution in [0, 0.1) is 0 Å². The molecule has 19 heavy (non-hydrogen) atoms. The van der Waals surface area contributed by atoms with Gasteiger partial charge in [0.15, 0.2) is 6.61 Å². The lowest BCUT2D eigenvalue weighted by Crippen LogP contribution is -2.50. The Kier molecular flexibility index (Phi) is 4.82. The number of aliphatic hydroxyl groups excluding tert-OH is 1. The maximum atomic E-state index is 11.9. The molecule has 0 spiro atoms. The van der Waals surface area contributed by atoms with Crippen LogP contribution in [0.25, 0.3) is 0 Å². The smallest absolute Gasteiger partial charge is 0.258 e. The van der Waals surface area contributed by atoms with Gasteiger partial charge in [0, 0.05) is 0 Å². The molecule has 0 saturated heterocycles. The molecule has 1 saturated carbocycles. The quantitative estimate of drug-likeness (QED) is 0.872. The van der Waals surface area contributed by atoms with E-state index in [1.54, 1.807) is 6.07 Å². The Morgan fingerprint density at radius 3 is 2.68 bits per heavy atom. The summed E-state index contributed by atoms with van der Waals surface area (Å²) in [5.41, 5.74) is -0.436. The highest BCUT2D eigenvalue weighted by Crippen LogP contribution is 2.29. The third-order valence-electron chi connectivity index (χ3n) is 3.46. The fraction of sp³-hybridized carbons (Fsp3) is 0.500. The summed E-state index contributed by atoms with van der Waals surface area (Å²) in [4.78, 5) is 11.9. The molecule has 1 aliphatic rings. The van der Waals surface area contributed by atoms with Gasteiger partial charge in [-0.15, -0.1) is 0 Å². The van der Waals surface area contributed by atoms with Crippen LogP contribution in [0.5, 0.6) is 5.75 Å². The number of ether oxygens (including phenoxy) is 1. The largest absolute Gasteiger partial charge is 0.483 e. The molecule has 0 aliphatic heterocycles. The molecule has 0 aromatic heterocycles. The monoisotopic (exact) mass is 327 g/mol. The number of amides is 1. The Bertz CT molecular complexity index is 444. The summed E-state index contributed by atoms with van der Waals surface area (Å²) in [6, 6.07) is 7.40. The van der Waals surface area contributed by atoms with Gasteiger partial charge in [-0.2, -0.15) is 0 Å². The van der Waals surface area contributed by atoms with E-state index in [0.29, 0.717) is 5.75 Å². The van der Waals surface area contributed by atoms with E-state index < -0.39 is 5.54 Å². The summed E-state index contributed by atoms with van der Waals surface area (Å²) in [5.74, 6) is 0.453. The van der Waals surface area contributed by atoms with Gasteiger partial charge in [0.25, 0.3) is 5.91 Å². The topological polar surface area (TPSA) is 58.6 Å². The van der Waals surface area contributed by atoms with Crippen LogP contribution in [-0.4, -0.2) is 29.8 Å². The van der Waals surface area contributed by atoms with Gasteiger partial charge in [0.2, 0.25) is 0 Å². The van der Waals surface area contributed by atoms with Crippen molar-refractivity contribution in [3.8, 4) is 5.75 Å². The molecule has 4 nitrogen and oxygen atoms in total. The zero-order valence-electron chi connectivity index (χ0n) is 10.7. The Balaban J connectivity index is 1.86. The van der Waals surface area contributed by atoms with Crippen LogP contribution in [0.15, 0.2) is 28.7 Å². The van der Waals surface area contributed by atoms with Crippen molar-refractivity contribution in [1.82, 2.24) is 5.32 Å². The van der Waals surface area contributed by atoms with Crippen molar-refractivity contribution in [1.29, 1.82) is 0 Å². The number of carbonyl (C=O) groups excluding carboxylic acids is 1. The number of nitrogens with one attached hydrogen (secondary N) is 1. The van der Waals surface area contributed by atoms with Gasteiger partial charge < -0.3 is 15.2 Å². The molecule has 2 rings (SSSR count). The van der Waals surface area contributed by atoms with Gasteiger partial charge in [0.1, 0.15) is 5.75 Å². The van der Waals surface area contributed by atoms with Crippen molar-refractivity contribution < 1.29 is 14.6 Å². The molecule has 1 fully saturated rings. The summed E-state index contributed by atoms with van der Waals surface area (Å²) in [6.45, 7) is -0.0435. The van der Waals surface area contributed by atoms with Gasteiger partial charge in [-0.3, -0.25) is 4.79 Å². The van der Waals surface area contributed by atoms with Crippen molar-refractivity contribution in [3.63, 3.8) is 0 Å². The lowest BCUT2D eigenvalue weighted by Gasteiger charge is -2.27. The highest BCUT2D eigenvalue weighted by molar-refractivity contribution is 9.10. The summed E-state index contributed by atoms with van der Waals surface area (Å²) in [5, 5.41) is 12.3. The van der Waals surface area contributed by atoms with Crippen LogP contribution in [-0.2, 0) is 4.79 Å². The van der Waals surface area contributed by atoms with Crippen LogP contribution < -0.4 is 10.1 Å². The second-order valence-electron chi connectivity index (χ2n) is 4.91. The Hall–Kier alpha value is -1.07. The van der Waals surface area contributed by atoms with Gasteiger partial charge in [0.05, 0.1) is 16.6 Å². The minimum absolute atomic E-state index is 0.00618. The Morgan fingerprint density at radius 2 is 2.05 bits per heavy atom. The second kappa shape index (κ2) is 6.39. The average Bonchev–Trinajstić information content (AvgIpc) is 2.87. The van der Waals surface area contributed by atoms with Crippen molar-refractivity contribution in [2.45, 2.75) is 31.2 Å². The summed E-state index contributed by atoms with van der Waals surface area (Å²) >= 11 is 3.36. The van der Waals surface area contributed by atoms with E-state index >= 15 is 0 Å². The first kappa shape index (κ1) is 14.3. The zero-order valence-corrected chi connectivity index (χ0v) is 12.3. The standard InChI is InChI=1S/C14H18BrNO3/c15-11-5-1-2-6-12(11)19-9-13(18)16-14(10-17)7-3-4-8-14/h1-2,5-6,17H,3-4,7-10H2,(H,16,18). The average molecular weight is 328 g/mol. The molecule has 0 atom stereocenters. The van der Waals surface area contributed by atoms with E-state index in [2.05, 4.69) is 21.2 Å². The predicted octanol–water partition coefficient (Wildman–Crippen LogP) is 2.25. The van der Waals surface area contributed by atoms with Crippen molar-refractivity contribution in [2.24, 2.45) is 0 Å². The van der Waals surface area contributed by atoms with E-state index in [1.807, 2.05) is 18.2 Å². The maximum Gasteiger partial charge on any atom is 0.258 e. The van der Waals surface area contributed by atoms with Gasteiger partial charge in [-0.25, -0.2) is 0 Å². The molecule has 0 unspecified atom stereocenters. The third-order valence-corrected chi connectivity index (χ3v) is 4.12. The summed E-state index contributed by atoms with van der Waals surface area (Å²) < 4.78 is 6.28. The number of rotatable bonds is 5. The minimum Gasteiger partial charge on any atom is -0.483 e. The number of hydrogen-bond acceptors (Lipinski definition) is 3. The fourth-order valence-electron chi connectivity index (χ4n) is 2.41. The first-order chi connectivity index (χ1) is 9.15. The lowest BCUT2D eigenvalue weighted by atomic mass is 9.99. The van der Waals surface area contributed by atoms with Crippen LogP contribution >= 0.6 is 15.9 Å². The Morgan fingerprint density at radius 1 is 1.37 bits per heavy atom. The normalized spacial score (nSPS) is 17.2. The van der Waals surface area contributed by atoms with Gasteiger partial charge in [-0.1, -0.05) is 25.0 Å². The van der Waals surface area contributed by atoms with Crippen LogP contribution in [0.3, 0.4) is 0 Å². The van der Waals surface area contributed by atoms with Crippen molar-refractivity contribution in [2.75, 3.05) is 13.2 Å². The fourth-order valence-corrected chi connectivity index (χ4v) is 2.81. The predicted molar refractivity (Wildman–Crippen MR) is 76.1 cm³/mol. The highest BCUT2D eigenvalue weighted by Gasteiger charge is 2.34. The number of hydrogen-bond donors (Lipinski definition) is 2.